The number of hydrogen-bond acceptors (Lipinski definition) is 3. The van der Waals surface area contributed by atoms with Gasteiger partial charge >= 0.3 is 0 Å². The van der Waals surface area contributed by atoms with Crippen LogP contribution in [-0.4, -0.2) is 35.6 Å². The molecule has 0 spiro atoms. The van der Waals surface area contributed by atoms with E-state index in [1.165, 1.54) is 0 Å². The van der Waals surface area contributed by atoms with Gasteiger partial charge in [-0.2, -0.15) is 5.26 Å². The molecule has 2 fully saturated rings. The monoisotopic (exact) mass is 250 g/mol. The second-order valence-corrected chi connectivity index (χ2v) is 5.67. The molecule has 1 aliphatic carbocycles. The molecule has 0 aromatic carbocycles. The first-order chi connectivity index (χ1) is 8.72. The predicted octanol–water partition coefficient (Wildman–Crippen LogP) is 1.69. The van der Waals surface area contributed by atoms with Gasteiger partial charge in [0.2, 0.25) is 5.91 Å². The van der Waals surface area contributed by atoms with Gasteiger partial charge in [-0.3, -0.25) is 4.79 Å². The summed E-state index contributed by atoms with van der Waals surface area (Å²) in [5.41, 5.74) is -0.735. The highest BCUT2D eigenvalue weighted by atomic mass is 16.3. The summed E-state index contributed by atoms with van der Waals surface area (Å²) in [4.78, 5) is 14.4. The van der Waals surface area contributed by atoms with Gasteiger partial charge in [-0.1, -0.05) is 12.8 Å². The number of aliphatic hydroxyl groups is 1. The van der Waals surface area contributed by atoms with Crippen molar-refractivity contribution in [2.24, 2.45) is 11.3 Å². The third-order valence-corrected chi connectivity index (χ3v) is 4.42. The lowest BCUT2D eigenvalue weighted by molar-refractivity contribution is -0.140. The number of nitrogens with zero attached hydrogens (tertiary/aromatic N) is 2. The summed E-state index contributed by atoms with van der Waals surface area (Å²) in [5, 5.41) is 18.3. The highest BCUT2D eigenvalue weighted by molar-refractivity contribution is 5.85. The number of rotatable bonds is 3. The summed E-state index contributed by atoms with van der Waals surface area (Å²) in [5.74, 6) is 0.454. The second-order valence-electron chi connectivity index (χ2n) is 5.67. The standard InChI is InChI=1S/C14H22N2O2/c15-11-14(6-1-2-7-14)13(18)16-8-3-4-12(10-16)5-9-17/h12,17H,1-10H2. The molecule has 2 aliphatic rings. The molecule has 1 saturated heterocycles. The van der Waals surface area contributed by atoms with Crippen molar-refractivity contribution in [2.45, 2.75) is 44.9 Å². The summed E-state index contributed by atoms with van der Waals surface area (Å²) in [6, 6.07) is 2.28. The molecule has 1 heterocycles. The van der Waals surface area contributed by atoms with Crippen molar-refractivity contribution in [3.63, 3.8) is 0 Å². The van der Waals surface area contributed by atoms with E-state index >= 15 is 0 Å². The summed E-state index contributed by atoms with van der Waals surface area (Å²) in [6.07, 6.45) is 6.29. The summed E-state index contributed by atoms with van der Waals surface area (Å²) in [6.45, 7) is 1.70. The van der Waals surface area contributed by atoms with Crippen LogP contribution in [0.3, 0.4) is 0 Å². The molecule has 0 aromatic heterocycles. The molecule has 0 aromatic rings. The molecular formula is C14H22N2O2. The molecule has 2 rings (SSSR count). The van der Waals surface area contributed by atoms with Crippen molar-refractivity contribution < 1.29 is 9.90 Å². The van der Waals surface area contributed by atoms with Gasteiger partial charge in [0.25, 0.3) is 0 Å². The maximum Gasteiger partial charge on any atom is 0.243 e. The zero-order valence-corrected chi connectivity index (χ0v) is 10.9. The zero-order chi connectivity index (χ0) is 13.0. The van der Waals surface area contributed by atoms with Gasteiger partial charge in [0.1, 0.15) is 5.41 Å². The molecule has 18 heavy (non-hydrogen) atoms. The van der Waals surface area contributed by atoms with E-state index in [9.17, 15) is 10.1 Å². The van der Waals surface area contributed by atoms with Crippen LogP contribution in [0.15, 0.2) is 0 Å². The van der Waals surface area contributed by atoms with Crippen molar-refractivity contribution in [3.8, 4) is 6.07 Å². The van der Waals surface area contributed by atoms with Gasteiger partial charge in [-0.15, -0.1) is 0 Å². The van der Waals surface area contributed by atoms with E-state index in [-0.39, 0.29) is 12.5 Å². The topological polar surface area (TPSA) is 64.3 Å². The fraction of sp³-hybridized carbons (Fsp3) is 0.857. The van der Waals surface area contributed by atoms with Gasteiger partial charge in [0, 0.05) is 19.7 Å². The Hall–Kier alpha value is -1.08. The van der Waals surface area contributed by atoms with Crippen LogP contribution in [0.1, 0.15) is 44.9 Å². The van der Waals surface area contributed by atoms with E-state index < -0.39 is 5.41 Å². The van der Waals surface area contributed by atoms with Crippen molar-refractivity contribution in [3.05, 3.63) is 0 Å². The van der Waals surface area contributed by atoms with E-state index in [0.717, 1.165) is 58.0 Å². The largest absolute Gasteiger partial charge is 0.396 e. The van der Waals surface area contributed by atoms with E-state index in [0.29, 0.717) is 5.92 Å². The number of amides is 1. The second kappa shape index (κ2) is 5.71. The van der Waals surface area contributed by atoms with Crippen molar-refractivity contribution in [2.75, 3.05) is 19.7 Å². The van der Waals surface area contributed by atoms with E-state index in [1.807, 2.05) is 4.90 Å². The van der Waals surface area contributed by atoms with Crippen LogP contribution in [-0.2, 0) is 4.79 Å². The first-order valence-corrected chi connectivity index (χ1v) is 7.03. The highest BCUT2D eigenvalue weighted by Crippen LogP contribution is 2.40. The SMILES string of the molecule is N#CC1(C(=O)N2CCCC(CCO)C2)CCCC1. The predicted molar refractivity (Wildman–Crippen MR) is 67.5 cm³/mol. The Morgan fingerprint density at radius 3 is 2.72 bits per heavy atom. The lowest BCUT2D eigenvalue weighted by Gasteiger charge is -2.36. The van der Waals surface area contributed by atoms with Crippen LogP contribution in [0, 0.1) is 22.7 Å². The van der Waals surface area contributed by atoms with E-state index in [2.05, 4.69) is 6.07 Å². The number of carbonyl (C=O) groups excluding carboxylic acids is 1. The minimum absolute atomic E-state index is 0.0464. The first kappa shape index (κ1) is 13.4. The van der Waals surface area contributed by atoms with Gasteiger partial charge in [-0.25, -0.2) is 0 Å². The number of nitriles is 1. The van der Waals surface area contributed by atoms with Crippen LogP contribution in [0.25, 0.3) is 0 Å². The number of hydrogen-bond donors (Lipinski definition) is 1. The lowest BCUT2D eigenvalue weighted by atomic mass is 9.84. The molecular weight excluding hydrogens is 228 g/mol. The molecule has 0 bridgehead atoms. The number of piperidine rings is 1. The Balaban J connectivity index is 2.02. The quantitative estimate of drug-likeness (QED) is 0.829. The fourth-order valence-electron chi connectivity index (χ4n) is 3.32. The molecule has 1 N–H and O–H groups in total. The lowest BCUT2D eigenvalue weighted by Crippen LogP contribution is -2.47. The summed E-state index contributed by atoms with van der Waals surface area (Å²) < 4.78 is 0. The van der Waals surface area contributed by atoms with E-state index in [4.69, 9.17) is 5.11 Å². The normalized spacial score (nSPS) is 26.9. The molecule has 4 nitrogen and oxygen atoms in total. The molecule has 1 amide bonds. The van der Waals surface area contributed by atoms with Gasteiger partial charge in [-0.05, 0) is 38.0 Å². The molecule has 1 saturated carbocycles. The summed E-state index contributed by atoms with van der Waals surface area (Å²) >= 11 is 0. The Kier molecular flexibility index (Phi) is 4.23. The smallest absolute Gasteiger partial charge is 0.243 e. The average Bonchev–Trinajstić information content (AvgIpc) is 2.88. The van der Waals surface area contributed by atoms with Crippen molar-refractivity contribution in [1.82, 2.24) is 4.90 Å². The summed E-state index contributed by atoms with van der Waals surface area (Å²) in [7, 11) is 0. The van der Waals surface area contributed by atoms with Gasteiger partial charge < -0.3 is 10.0 Å². The zero-order valence-electron chi connectivity index (χ0n) is 10.9. The fourth-order valence-corrected chi connectivity index (χ4v) is 3.32. The highest BCUT2D eigenvalue weighted by Gasteiger charge is 2.44. The van der Waals surface area contributed by atoms with Crippen LogP contribution in [0.5, 0.6) is 0 Å². The Morgan fingerprint density at radius 1 is 1.39 bits per heavy atom. The molecule has 4 heteroatoms. The van der Waals surface area contributed by atoms with Crippen LogP contribution in [0.2, 0.25) is 0 Å². The van der Waals surface area contributed by atoms with Crippen molar-refractivity contribution >= 4 is 5.91 Å². The van der Waals surface area contributed by atoms with Crippen LogP contribution < -0.4 is 0 Å². The molecule has 1 unspecified atom stereocenters. The third-order valence-electron chi connectivity index (χ3n) is 4.42. The average molecular weight is 250 g/mol. The van der Waals surface area contributed by atoms with E-state index in [1.54, 1.807) is 0 Å². The Morgan fingerprint density at radius 2 is 2.11 bits per heavy atom. The third kappa shape index (κ3) is 2.51. The maximum absolute atomic E-state index is 12.5. The van der Waals surface area contributed by atoms with Gasteiger partial charge in [0.15, 0.2) is 0 Å². The Labute approximate surface area is 109 Å². The minimum Gasteiger partial charge on any atom is -0.396 e. The van der Waals surface area contributed by atoms with Crippen LogP contribution in [0.4, 0.5) is 0 Å². The minimum atomic E-state index is -0.735. The molecule has 1 atom stereocenters. The molecule has 0 radical (unpaired) electrons. The van der Waals surface area contributed by atoms with Crippen LogP contribution >= 0.6 is 0 Å². The molecule has 1 aliphatic heterocycles. The number of carbonyl (C=O) groups is 1. The Bertz CT molecular complexity index is 340. The number of likely N-dealkylation sites (tertiary alicyclic amines) is 1. The van der Waals surface area contributed by atoms with Crippen molar-refractivity contribution in [1.29, 1.82) is 5.26 Å². The molecule has 100 valence electrons. The maximum atomic E-state index is 12.5. The van der Waals surface area contributed by atoms with Gasteiger partial charge in [0.05, 0.1) is 6.07 Å². The number of aliphatic hydroxyl groups excluding tert-OH is 1. The first-order valence-electron chi connectivity index (χ1n) is 7.03.